The molecular formula is C30H42O8. The molecule has 0 spiro atoms. The standard InChI is InChI=1S/C30H42O8/c1-6-7-8-9-10-11-12-13-22(32)37-29(18(2)3)15-20(5)30(36)21-14-19(4)24(33)28(21,35)16-27(17-31)26(38-27)23(30)25(29)34/h10-14,20-21,23,25-26,31,34-36H,2,6-9,15-17H2,1,3-5H3/b11-10+,13-12+/t20-,21-,23-,25-,26+,27+,28-,29-,30+/m1/s1. The first-order chi connectivity index (χ1) is 17.8. The number of carbonyl (C=O) groups is 2. The Labute approximate surface area is 224 Å². The third-order valence-corrected chi connectivity index (χ3v) is 9.38. The molecule has 3 aliphatic carbocycles. The van der Waals surface area contributed by atoms with Crippen LogP contribution < -0.4 is 0 Å². The minimum absolute atomic E-state index is 0.0233. The van der Waals surface area contributed by atoms with Crippen LogP contribution in [-0.2, 0) is 19.1 Å². The number of aliphatic hydroxyl groups is 4. The van der Waals surface area contributed by atoms with Gasteiger partial charge < -0.3 is 29.9 Å². The zero-order valence-electron chi connectivity index (χ0n) is 22.9. The molecule has 0 amide bonds. The van der Waals surface area contributed by atoms with Crippen LogP contribution in [0.1, 0.15) is 66.2 Å². The van der Waals surface area contributed by atoms with Crippen LogP contribution in [0.3, 0.4) is 0 Å². The number of Topliss-reactive ketones (excluding diaryl/α,β-unsaturated/α-hetero) is 1. The second kappa shape index (κ2) is 10.1. The minimum Gasteiger partial charge on any atom is -0.449 e. The van der Waals surface area contributed by atoms with E-state index in [-0.39, 0.29) is 12.8 Å². The molecule has 1 heterocycles. The molecule has 4 N–H and O–H groups in total. The van der Waals surface area contributed by atoms with E-state index in [1.165, 1.54) is 6.08 Å². The molecule has 1 saturated heterocycles. The number of rotatable bonds is 9. The average Bonchev–Trinajstić information content (AvgIpc) is 3.51. The van der Waals surface area contributed by atoms with E-state index >= 15 is 0 Å². The summed E-state index contributed by atoms with van der Waals surface area (Å²) in [4.78, 5) is 26.0. The fourth-order valence-electron chi connectivity index (χ4n) is 7.24. The molecule has 9 atom stereocenters. The SMILES string of the molecule is C=C(C)[C@]1(OC(=O)/C=C/C=C/CCCCC)C[C@@H](C)[C@@]2(O)[C@H]([C@H]1O)[C@@H]1O[C@]1(CO)C[C@]1(O)C(=O)C(C)=C[C@@H]21. The van der Waals surface area contributed by atoms with Crippen LogP contribution >= 0.6 is 0 Å². The van der Waals surface area contributed by atoms with Crippen LogP contribution in [0.15, 0.2) is 48.1 Å². The van der Waals surface area contributed by atoms with Crippen molar-refractivity contribution >= 4 is 11.8 Å². The number of esters is 1. The Kier molecular flexibility index (Phi) is 7.71. The fourth-order valence-corrected chi connectivity index (χ4v) is 7.24. The number of ketones is 1. The first kappa shape index (κ1) is 28.9. The van der Waals surface area contributed by atoms with Crippen LogP contribution in [0.5, 0.6) is 0 Å². The molecular weight excluding hydrogens is 488 g/mol. The maximum Gasteiger partial charge on any atom is 0.331 e. The lowest BCUT2D eigenvalue weighted by atomic mass is 9.54. The van der Waals surface area contributed by atoms with Gasteiger partial charge in [-0.3, -0.25) is 4.79 Å². The number of ether oxygens (including phenoxy) is 2. The van der Waals surface area contributed by atoms with Crippen molar-refractivity contribution in [1.82, 2.24) is 0 Å². The summed E-state index contributed by atoms with van der Waals surface area (Å²) < 4.78 is 11.8. The first-order valence-electron chi connectivity index (χ1n) is 13.7. The molecule has 0 aromatic heterocycles. The Bertz CT molecular complexity index is 1080. The molecule has 4 rings (SSSR count). The lowest BCUT2D eigenvalue weighted by Crippen LogP contribution is -2.70. The van der Waals surface area contributed by atoms with Gasteiger partial charge in [-0.2, -0.15) is 0 Å². The van der Waals surface area contributed by atoms with E-state index in [0.717, 1.165) is 25.7 Å². The molecule has 38 heavy (non-hydrogen) atoms. The summed E-state index contributed by atoms with van der Waals surface area (Å²) in [6, 6.07) is 0. The van der Waals surface area contributed by atoms with E-state index in [1.807, 2.05) is 6.08 Å². The number of hydrogen-bond acceptors (Lipinski definition) is 8. The van der Waals surface area contributed by atoms with Crippen molar-refractivity contribution in [3.8, 4) is 0 Å². The van der Waals surface area contributed by atoms with Crippen LogP contribution in [0.4, 0.5) is 0 Å². The quantitative estimate of drug-likeness (QED) is 0.0892. The van der Waals surface area contributed by atoms with Crippen molar-refractivity contribution in [2.75, 3.05) is 6.61 Å². The number of allylic oxidation sites excluding steroid dienone is 3. The molecule has 8 nitrogen and oxygen atoms in total. The van der Waals surface area contributed by atoms with E-state index < -0.39 is 70.7 Å². The second-order valence-corrected chi connectivity index (χ2v) is 11.9. The van der Waals surface area contributed by atoms with Gasteiger partial charge in [0.1, 0.15) is 17.3 Å². The normalized spacial score (nSPS) is 43.8. The number of carbonyl (C=O) groups excluding carboxylic acids is 2. The minimum atomic E-state index is -1.98. The lowest BCUT2D eigenvalue weighted by Gasteiger charge is -2.57. The summed E-state index contributed by atoms with van der Waals surface area (Å²) >= 11 is 0. The molecule has 8 heteroatoms. The smallest absolute Gasteiger partial charge is 0.331 e. The molecule has 1 aliphatic heterocycles. The Morgan fingerprint density at radius 3 is 2.63 bits per heavy atom. The van der Waals surface area contributed by atoms with Gasteiger partial charge in [-0.15, -0.1) is 0 Å². The summed E-state index contributed by atoms with van der Waals surface area (Å²) in [6.45, 7) is 10.7. The molecule has 0 bridgehead atoms. The highest BCUT2D eigenvalue weighted by Gasteiger charge is 2.79. The Morgan fingerprint density at radius 1 is 1.29 bits per heavy atom. The van der Waals surface area contributed by atoms with Crippen LogP contribution in [0, 0.1) is 17.8 Å². The van der Waals surface area contributed by atoms with Crippen LogP contribution in [0.25, 0.3) is 0 Å². The predicted octanol–water partition coefficient (Wildman–Crippen LogP) is 2.70. The molecule has 0 unspecified atom stereocenters. The number of unbranched alkanes of at least 4 members (excludes halogenated alkanes) is 3. The third-order valence-electron chi connectivity index (χ3n) is 9.38. The van der Waals surface area contributed by atoms with Gasteiger partial charge in [0.05, 0.1) is 18.3 Å². The van der Waals surface area contributed by atoms with E-state index in [4.69, 9.17) is 9.47 Å². The Morgan fingerprint density at radius 2 is 2.00 bits per heavy atom. The monoisotopic (exact) mass is 530 g/mol. The molecule has 0 aromatic rings. The van der Waals surface area contributed by atoms with Gasteiger partial charge in [-0.1, -0.05) is 57.6 Å². The number of aliphatic hydroxyl groups excluding tert-OH is 2. The summed E-state index contributed by atoms with van der Waals surface area (Å²) in [7, 11) is 0. The summed E-state index contributed by atoms with van der Waals surface area (Å²) in [6.07, 6.45) is 9.99. The highest BCUT2D eigenvalue weighted by molar-refractivity contribution is 6.04. The molecule has 0 aromatic carbocycles. The van der Waals surface area contributed by atoms with Crippen LogP contribution in [0.2, 0.25) is 0 Å². The number of epoxide rings is 1. The van der Waals surface area contributed by atoms with Gasteiger partial charge in [0.25, 0.3) is 0 Å². The fraction of sp³-hybridized carbons (Fsp3) is 0.667. The molecule has 2 saturated carbocycles. The van der Waals surface area contributed by atoms with Crippen molar-refractivity contribution in [2.24, 2.45) is 17.8 Å². The average molecular weight is 531 g/mol. The zero-order chi connectivity index (χ0) is 28.1. The van der Waals surface area contributed by atoms with E-state index in [0.29, 0.717) is 11.1 Å². The lowest BCUT2D eigenvalue weighted by molar-refractivity contribution is -0.246. The van der Waals surface area contributed by atoms with E-state index in [1.54, 1.807) is 39.0 Å². The van der Waals surface area contributed by atoms with Gasteiger partial charge in [0.15, 0.2) is 11.4 Å². The molecule has 210 valence electrons. The molecule has 0 radical (unpaired) electrons. The van der Waals surface area contributed by atoms with E-state index in [2.05, 4.69) is 13.5 Å². The van der Waals surface area contributed by atoms with Crippen LogP contribution in [-0.4, -0.2) is 73.4 Å². The number of fused-ring (bicyclic) bond motifs is 5. The van der Waals surface area contributed by atoms with E-state index in [9.17, 15) is 30.0 Å². The first-order valence-corrected chi connectivity index (χ1v) is 13.7. The van der Waals surface area contributed by atoms with Crippen molar-refractivity contribution in [3.63, 3.8) is 0 Å². The van der Waals surface area contributed by atoms with Gasteiger partial charge in [-0.05, 0) is 50.2 Å². The predicted molar refractivity (Wildman–Crippen MR) is 141 cm³/mol. The van der Waals surface area contributed by atoms with Crippen molar-refractivity contribution in [2.45, 2.75) is 101 Å². The topological polar surface area (TPSA) is 137 Å². The maximum atomic E-state index is 13.1. The second-order valence-electron chi connectivity index (χ2n) is 11.9. The summed E-state index contributed by atoms with van der Waals surface area (Å²) in [5.74, 6) is -3.91. The van der Waals surface area contributed by atoms with Gasteiger partial charge in [0.2, 0.25) is 0 Å². The zero-order valence-corrected chi connectivity index (χ0v) is 22.9. The third kappa shape index (κ3) is 4.25. The molecule has 4 aliphatic rings. The Balaban J connectivity index is 1.67. The summed E-state index contributed by atoms with van der Waals surface area (Å²) in [5, 5.41) is 46.1. The van der Waals surface area contributed by atoms with Crippen molar-refractivity contribution in [3.05, 3.63) is 48.1 Å². The molecule has 3 fully saturated rings. The summed E-state index contributed by atoms with van der Waals surface area (Å²) in [5.41, 5.74) is -5.89. The number of hydrogen-bond donors (Lipinski definition) is 4. The highest BCUT2D eigenvalue weighted by atomic mass is 16.6. The largest absolute Gasteiger partial charge is 0.449 e. The Hall–Kier alpha value is -2.10. The highest BCUT2D eigenvalue weighted by Crippen LogP contribution is 2.65. The van der Waals surface area contributed by atoms with Gasteiger partial charge >= 0.3 is 5.97 Å². The van der Waals surface area contributed by atoms with Gasteiger partial charge in [0, 0.05) is 24.3 Å². The maximum absolute atomic E-state index is 13.1. The van der Waals surface area contributed by atoms with Gasteiger partial charge in [-0.25, -0.2) is 4.79 Å². The van der Waals surface area contributed by atoms with Crippen molar-refractivity contribution in [1.29, 1.82) is 0 Å². The van der Waals surface area contributed by atoms with Crippen molar-refractivity contribution < 1.29 is 39.5 Å².